The molecule has 0 fully saturated rings. The van der Waals surface area contributed by atoms with Crippen molar-refractivity contribution in [1.29, 1.82) is 0 Å². The number of rotatable bonds is 7. The van der Waals surface area contributed by atoms with Gasteiger partial charge in [-0.05, 0) is 31.2 Å². The molecule has 0 aliphatic heterocycles. The highest BCUT2D eigenvalue weighted by atomic mass is 16.5. The third kappa shape index (κ3) is 4.74. The number of ether oxygens (including phenoxy) is 2. The number of hydrogen-bond acceptors (Lipinski definition) is 4. The van der Waals surface area contributed by atoms with E-state index in [2.05, 4.69) is 0 Å². The molecule has 4 nitrogen and oxygen atoms in total. The Morgan fingerprint density at radius 2 is 1.64 bits per heavy atom. The quantitative estimate of drug-likeness (QED) is 0.572. The Bertz CT molecular complexity index is 635. The molecule has 0 bridgehead atoms. The summed E-state index contributed by atoms with van der Waals surface area (Å²) in [5.41, 5.74) is 0.526. The van der Waals surface area contributed by atoms with Crippen LogP contribution in [-0.4, -0.2) is 18.4 Å². The van der Waals surface area contributed by atoms with Gasteiger partial charge in [0.1, 0.15) is 11.5 Å². The number of para-hydroxylation sites is 1. The molecule has 0 radical (unpaired) electrons. The van der Waals surface area contributed by atoms with Gasteiger partial charge in [0.15, 0.2) is 5.78 Å². The molecule has 0 amide bonds. The molecule has 22 heavy (non-hydrogen) atoms. The van der Waals surface area contributed by atoms with E-state index in [1.165, 1.54) is 0 Å². The van der Waals surface area contributed by atoms with Crippen LogP contribution in [-0.2, 0) is 9.53 Å². The summed E-state index contributed by atoms with van der Waals surface area (Å²) >= 11 is 0. The summed E-state index contributed by atoms with van der Waals surface area (Å²) in [5.74, 6) is 0.839. The Labute approximate surface area is 129 Å². The summed E-state index contributed by atoms with van der Waals surface area (Å²) in [7, 11) is 0. The molecule has 0 N–H and O–H groups in total. The molecular formula is C18H18O4. The second-order valence-electron chi connectivity index (χ2n) is 4.67. The van der Waals surface area contributed by atoms with E-state index >= 15 is 0 Å². The van der Waals surface area contributed by atoms with Gasteiger partial charge >= 0.3 is 5.97 Å². The highest BCUT2D eigenvalue weighted by Crippen LogP contribution is 2.22. The van der Waals surface area contributed by atoms with Crippen LogP contribution in [0.15, 0.2) is 54.6 Å². The Hall–Kier alpha value is -2.62. The summed E-state index contributed by atoms with van der Waals surface area (Å²) in [6.45, 7) is 2.07. The first-order valence-electron chi connectivity index (χ1n) is 7.21. The molecule has 2 rings (SSSR count). The van der Waals surface area contributed by atoms with Crippen LogP contribution in [0.4, 0.5) is 0 Å². The minimum absolute atomic E-state index is 0.0937. The van der Waals surface area contributed by atoms with E-state index in [1.54, 1.807) is 31.2 Å². The maximum Gasteiger partial charge on any atom is 0.306 e. The molecule has 4 heteroatoms. The summed E-state index contributed by atoms with van der Waals surface area (Å²) in [6.07, 6.45) is 0.226. The lowest BCUT2D eigenvalue weighted by Gasteiger charge is -2.07. The molecule has 0 saturated heterocycles. The smallest absolute Gasteiger partial charge is 0.306 e. The second-order valence-corrected chi connectivity index (χ2v) is 4.67. The topological polar surface area (TPSA) is 52.6 Å². The molecule has 114 valence electrons. The molecule has 0 aromatic heterocycles. The maximum absolute atomic E-state index is 12.1. The van der Waals surface area contributed by atoms with Crippen molar-refractivity contribution in [3.8, 4) is 11.5 Å². The molecule has 0 unspecified atom stereocenters. The van der Waals surface area contributed by atoms with Gasteiger partial charge in [0, 0.05) is 12.0 Å². The monoisotopic (exact) mass is 298 g/mol. The number of carbonyl (C=O) groups excluding carboxylic acids is 2. The maximum atomic E-state index is 12.1. The van der Waals surface area contributed by atoms with Gasteiger partial charge in [-0.15, -0.1) is 0 Å². The van der Waals surface area contributed by atoms with E-state index in [-0.39, 0.29) is 24.6 Å². The van der Waals surface area contributed by atoms with Gasteiger partial charge in [0.2, 0.25) is 0 Å². The lowest BCUT2D eigenvalue weighted by Crippen LogP contribution is -2.08. The Morgan fingerprint density at radius 3 is 2.36 bits per heavy atom. The molecule has 0 saturated carbocycles. The third-order valence-electron chi connectivity index (χ3n) is 3.00. The van der Waals surface area contributed by atoms with Crippen LogP contribution in [0.2, 0.25) is 0 Å². The predicted molar refractivity (Wildman–Crippen MR) is 83.2 cm³/mol. The van der Waals surface area contributed by atoms with Gasteiger partial charge in [0.25, 0.3) is 0 Å². The third-order valence-corrected chi connectivity index (χ3v) is 3.00. The van der Waals surface area contributed by atoms with Crippen molar-refractivity contribution < 1.29 is 19.1 Å². The van der Waals surface area contributed by atoms with E-state index in [4.69, 9.17) is 9.47 Å². The fourth-order valence-electron chi connectivity index (χ4n) is 1.95. The minimum atomic E-state index is -0.354. The number of benzene rings is 2. The van der Waals surface area contributed by atoms with E-state index < -0.39 is 0 Å². The fraction of sp³-hybridized carbons (Fsp3) is 0.222. The van der Waals surface area contributed by atoms with Crippen molar-refractivity contribution in [3.05, 3.63) is 60.2 Å². The van der Waals surface area contributed by atoms with E-state index in [0.29, 0.717) is 23.7 Å². The molecule has 2 aromatic carbocycles. The van der Waals surface area contributed by atoms with Crippen molar-refractivity contribution >= 4 is 11.8 Å². The molecule has 0 aliphatic carbocycles. The van der Waals surface area contributed by atoms with Crippen LogP contribution in [0.5, 0.6) is 11.5 Å². The first-order valence-corrected chi connectivity index (χ1v) is 7.21. The standard InChI is InChI=1S/C18H18O4/c1-2-21-18(20)12-11-17(19)14-7-6-10-16(13-14)22-15-8-4-3-5-9-15/h3-10,13H,2,11-12H2,1H3. The van der Waals surface area contributed by atoms with Gasteiger partial charge in [-0.25, -0.2) is 0 Å². The molecule has 2 aromatic rings. The second kappa shape index (κ2) is 7.98. The zero-order chi connectivity index (χ0) is 15.8. The van der Waals surface area contributed by atoms with Gasteiger partial charge in [-0.1, -0.05) is 30.3 Å². The van der Waals surface area contributed by atoms with Gasteiger partial charge in [-0.3, -0.25) is 9.59 Å². The number of ketones is 1. The zero-order valence-corrected chi connectivity index (χ0v) is 12.5. The van der Waals surface area contributed by atoms with E-state index in [9.17, 15) is 9.59 Å². The Kier molecular flexibility index (Phi) is 5.72. The molecule has 0 aliphatic rings. The summed E-state index contributed by atoms with van der Waals surface area (Å²) in [5, 5.41) is 0. The van der Waals surface area contributed by atoms with Crippen molar-refractivity contribution in [2.75, 3.05) is 6.61 Å². The van der Waals surface area contributed by atoms with Crippen molar-refractivity contribution in [2.24, 2.45) is 0 Å². The number of carbonyl (C=O) groups is 2. The van der Waals surface area contributed by atoms with Crippen LogP contribution in [0.3, 0.4) is 0 Å². The normalized spacial score (nSPS) is 10.0. The minimum Gasteiger partial charge on any atom is -0.466 e. The first kappa shape index (κ1) is 15.8. The van der Waals surface area contributed by atoms with E-state index in [1.807, 2.05) is 30.3 Å². The molecule has 0 spiro atoms. The SMILES string of the molecule is CCOC(=O)CCC(=O)c1cccc(Oc2ccccc2)c1. The van der Waals surface area contributed by atoms with Crippen LogP contribution in [0.25, 0.3) is 0 Å². The number of hydrogen-bond donors (Lipinski definition) is 0. The first-order chi connectivity index (χ1) is 10.7. The summed E-state index contributed by atoms with van der Waals surface area (Å²) in [6, 6.07) is 16.3. The number of esters is 1. The average Bonchev–Trinajstić information content (AvgIpc) is 2.54. The average molecular weight is 298 g/mol. The summed E-state index contributed by atoms with van der Waals surface area (Å²) < 4.78 is 10.5. The van der Waals surface area contributed by atoms with Crippen molar-refractivity contribution in [2.45, 2.75) is 19.8 Å². The van der Waals surface area contributed by atoms with Crippen molar-refractivity contribution in [3.63, 3.8) is 0 Å². The summed E-state index contributed by atoms with van der Waals surface area (Å²) in [4.78, 5) is 23.4. The molecular weight excluding hydrogens is 280 g/mol. The van der Waals surface area contributed by atoms with Crippen LogP contribution in [0, 0.1) is 0 Å². The number of Topliss-reactive ketones (excluding diaryl/α,β-unsaturated/α-hetero) is 1. The van der Waals surface area contributed by atoms with Gasteiger partial charge in [0.05, 0.1) is 13.0 Å². The molecule has 0 heterocycles. The lowest BCUT2D eigenvalue weighted by atomic mass is 10.1. The van der Waals surface area contributed by atoms with Gasteiger partial charge in [-0.2, -0.15) is 0 Å². The van der Waals surface area contributed by atoms with Crippen LogP contribution < -0.4 is 4.74 Å². The van der Waals surface area contributed by atoms with Crippen molar-refractivity contribution in [1.82, 2.24) is 0 Å². The van der Waals surface area contributed by atoms with E-state index in [0.717, 1.165) is 0 Å². The zero-order valence-electron chi connectivity index (χ0n) is 12.5. The largest absolute Gasteiger partial charge is 0.466 e. The lowest BCUT2D eigenvalue weighted by molar-refractivity contribution is -0.143. The fourth-order valence-corrected chi connectivity index (χ4v) is 1.95. The van der Waals surface area contributed by atoms with Gasteiger partial charge < -0.3 is 9.47 Å². The van der Waals surface area contributed by atoms with Crippen LogP contribution in [0.1, 0.15) is 30.1 Å². The molecule has 0 atom stereocenters. The highest BCUT2D eigenvalue weighted by molar-refractivity contribution is 5.97. The Morgan fingerprint density at radius 1 is 0.909 bits per heavy atom. The highest BCUT2D eigenvalue weighted by Gasteiger charge is 2.11. The predicted octanol–water partition coefficient (Wildman–Crippen LogP) is 4.00. The Balaban J connectivity index is 1.98. The van der Waals surface area contributed by atoms with Crippen LogP contribution >= 0.6 is 0 Å².